The van der Waals surface area contributed by atoms with E-state index in [-0.39, 0.29) is 12.3 Å². The first kappa shape index (κ1) is 30.4. The van der Waals surface area contributed by atoms with Crippen molar-refractivity contribution in [2.45, 2.75) is 122 Å². The summed E-state index contributed by atoms with van der Waals surface area (Å²) >= 11 is 0. The second-order valence-electron chi connectivity index (χ2n) is 10.2. The quantitative estimate of drug-likeness (QED) is 0.156. The van der Waals surface area contributed by atoms with Crippen molar-refractivity contribution in [3.8, 4) is 0 Å². The van der Waals surface area contributed by atoms with Crippen molar-refractivity contribution in [3.05, 3.63) is 36.0 Å². The van der Waals surface area contributed by atoms with E-state index in [0.29, 0.717) is 6.42 Å². The number of carbonyl (C=O) groups excluding carboxylic acids is 2. The molecule has 7 nitrogen and oxygen atoms in total. The Labute approximate surface area is 222 Å². The van der Waals surface area contributed by atoms with Crippen molar-refractivity contribution in [2.24, 2.45) is 0 Å². The van der Waals surface area contributed by atoms with Gasteiger partial charge in [-0.05, 0) is 25.0 Å². The van der Waals surface area contributed by atoms with Gasteiger partial charge in [-0.3, -0.25) is 9.59 Å². The minimum absolute atomic E-state index is 0.157. The molecule has 0 aliphatic rings. The van der Waals surface area contributed by atoms with Gasteiger partial charge in [-0.15, -0.1) is 0 Å². The molecule has 0 fully saturated rings. The van der Waals surface area contributed by atoms with Crippen molar-refractivity contribution in [3.63, 3.8) is 0 Å². The van der Waals surface area contributed by atoms with E-state index in [1.165, 1.54) is 64.2 Å². The van der Waals surface area contributed by atoms with Crippen LogP contribution in [0.3, 0.4) is 0 Å². The highest BCUT2D eigenvalue weighted by atomic mass is 16.4. The summed E-state index contributed by atoms with van der Waals surface area (Å²) in [4.78, 5) is 39.7. The Balaban J connectivity index is 1.58. The number of carboxylic acids is 1. The van der Waals surface area contributed by atoms with E-state index in [1.54, 1.807) is 13.1 Å². The van der Waals surface area contributed by atoms with Crippen molar-refractivity contribution in [1.29, 1.82) is 0 Å². The molecule has 206 valence electrons. The Bertz CT molecular complexity index is 955. The molecule has 0 unspecified atom stereocenters. The van der Waals surface area contributed by atoms with Crippen LogP contribution in [0.1, 0.15) is 109 Å². The van der Waals surface area contributed by atoms with Crippen LogP contribution in [0.25, 0.3) is 10.9 Å². The first-order valence-electron chi connectivity index (χ1n) is 14.3. The summed E-state index contributed by atoms with van der Waals surface area (Å²) in [6.45, 7) is 3.83. The van der Waals surface area contributed by atoms with E-state index in [1.807, 2.05) is 24.3 Å². The van der Waals surface area contributed by atoms with Gasteiger partial charge in [0, 0.05) is 29.9 Å². The number of fused-ring (bicyclic) bond motifs is 1. The van der Waals surface area contributed by atoms with Crippen LogP contribution in [-0.4, -0.2) is 40.0 Å². The molecule has 0 saturated carbocycles. The Kier molecular flexibility index (Phi) is 14.5. The number of carboxylic acid groups (broad SMARTS) is 1. The predicted octanol–water partition coefficient (Wildman–Crippen LogP) is 6.27. The predicted molar refractivity (Wildman–Crippen MR) is 149 cm³/mol. The first-order valence-corrected chi connectivity index (χ1v) is 14.3. The summed E-state index contributed by atoms with van der Waals surface area (Å²) in [6, 6.07) is 5.76. The van der Waals surface area contributed by atoms with Gasteiger partial charge < -0.3 is 20.7 Å². The highest BCUT2D eigenvalue weighted by molar-refractivity contribution is 5.91. The fourth-order valence-electron chi connectivity index (χ4n) is 4.70. The molecule has 1 aromatic heterocycles. The third kappa shape index (κ3) is 11.8. The molecule has 2 rings (SSSR count). The summed E-state index contributed by atoms with van der Waals surface area (Å²) < 4.78 is 0. The van der Waals surface area contributed by atoms with Crippen molar-refractivity contribution < 1.29 is 19.5 Å². The van der Waals surface area contributed by atoms with E-state index < -0.39 is 24.0 Å². The second-order valence-corrected chi connectivity index (χ2v) is 10.2. The van der Waals surface area contributed by atoms with Gasteiger partial charge in [-0.1, -0.05) is 102 Å². The second kappa shape index (κ2) is 17.6. The standard InChI is InChI=1S/C30H47N3O4/c1-3-4-5-6-7-8-9-10-11-12-13-14-15-20-28(34)32-23(2)29(35)33-27(30(36)37)21-24-22-31-26-19-17-16-18-25(24)26/h16-19,22-23,27,31H,3-15,20-21H2,1-2H3,(H,32,34)(H,33,35)(H,36,37)/t23-,27-/m0/s1. The molecule has 2 aromatic rings. The van der Waals surface area contributed by atoms with Gasteiger partial charge in [-0.25, -0.2) is 4.79 Å². The van der Waals surface area contributed by atoms with Crippen LogP contribution in [0.2, 0.25) is 0 Å². The Morgan fingerprint density at radius 3 is 2.00 bits per heavy atom. The lowest BCUT2D eigenvalue weighted by atomic mass is 10.0. The van der Waals surface area contributed by atoms with Gasteiger partial charge in [0.15, 0.2) is 0 Å². The largest absolute Gasteiger partial charge is 0.480 e. The zero-order valence-corrected chi connectivity index (χ0v) is 22.8. The maximum absolute atomic E-state index is 12.6. The molecule has 0 aliphatic heterocycles. The number of benzene rings is 1. The first-order chi connectivity index (χ1) is 17.9. The van der Waals surface area contributed by atoms with Crippen LogP contribution < -0.4 is 10.6 Å². The number of H-pyrrole nitrogens is 1. The van der Waals surface area contributed by atoms with E-state index in [4.69, 9.17) is 0 Å². The summed E-state index contributed by atoms with van der Waals surface area (Å²) in [5.41, 5.74) is 1.74. The number of hydrogen-bond acceptors (Lipinski definition) is 3. The van der Waals surface area contributed by atoms with E-state index in [0.717, 1.165) is 35.7 Å². The zero-order chi connectivity index (χ0) is 26.9. The topological polar surface area (TPSA) is 111 Å². The minimum Gasteiger partial charge on any atom is -0.480 e. The maximum atomic E-state index is 12.6. The fraction of sp³-hybridized carbons (Fsp3) is 0.633. The van der Waals surface area contributed by atoms with Crippen molar-refractivity contribution >= 4 is 28.7 Å². The number of unbranched alkanes of at least 4 members (excludes halogenated alkanes) is 12. The summed E-state index contributed by atoms with van der Waals surface area (Å²) in [5.74, 6) is -1.77. The SMILES string of the molecule is CCCCCCCCCCCCCCCC(=O)N[C@@H](C)C(=O)N[C@@H](Cc1c[nH]c2ccccc12)C(=O)O. The van der Waals surface area contributed by atoms with Crippen LogP contribution in [0.4, 0.5) is 0 Å². The zero-order valence-electron chi connectivity index (χ0n) is 22.8. The number of aromatic nitrogens is 1. The summed E-state index contributed by atoms with van der Waals surface area (Å²) in [7, 11) is 0. The lowest BCUT2D eigenvalue weighted by Gasteiger charge is -2.18. The Morgan fingerprint density at radius 2 is 1.41 bits per heavy atom. The summed E-state index contributed by atoms with van der Waals surface area (Å²) in [6.07, 6.45) is 18.5. The normalized spacial score (nSPS) is 12.8. The molecule has 1 heterocycles. The molecule has 0 bridgehead atoms. The van der Waals surface area contributed by atoms with Crippen LogP contribution in [0.15, 0.2) is 30.5 Å². The molecule has 0 aliphatic carbocycles. The number of amides is 2. The highest BCUT2D eigenvalue weighted by Crippen LogP contribution is 2.19. The molecule has 2 atom stereocenters. The molecular weight excluding hydrogens is 466 g/mol. The number of para-hydroxylation sites is 1. The van der Waals surface area contributed by atoms with Crippen LogP contribution >= 0.6 is 0 Å². The number of nitrogens with one attached hydrogen (secondary N) is 3. The molecule has 7 heteroatoms. The van der Waals surface area contributed by atoms with E-state index in [2.05, 4.69) is 22.5 Å². The number of hydrogen-bond donors (Lipinski definition) is 4. The van der Waals surface area contributed by atoms with Gasteiger partial charge in [0.25, 0.3) is 0 Å². The van der Waals surface area contributed by atoms with Crippen LogP contribution in [0.5, 0.6) is 0 Å². The molecule has 0 radical (unpaired) electrons. The minimum atomic E-state index is -1.11. The van der Waals surface area contributed by atoms with E-state index >= 15 is 0 Å². The van der Waals surface area contributed by atoms with Gasteiger partial charge >= 0.3 is 5.97 Å². The third-order valence-electron chi connectivity index (χ3n) is 6.99. The average Bonchev–Trinajstić information content (AvgIpc) is 3.29. The lowest BCUT2D eigenvalue weighted by Crippen LogP contribution is -2.51. The molecule has 0 spiro atoms. The van der Waals surface area contributed by atoms with Gasteiger partial charge in [0.05, 0.1) is 0 Å². The number of carbonyl (C=O) groups is 3. The number of aliphatic carboxylic acids is 1. The monoisotopic (exact) mass is 513 g/mol. The van der Waals surface area contributed by atoms with Crippen LogP contribution in [-0.2, 0) is 20.8 Å². The molecule has 1 aromatic carbocycles. The average molecular weight is 514 g/mol. The Morgan fingerprint density at radius 1 is 0.838 bits per heavy atom. The third-order valence-corrected chi connectivity index (χ3v) is 6.99. The number of rotatable bonds is 20. The maximum Gasteiger partial charge on any atom is 0.326 e. The molecule has 37 heavy (non-hydrogen) atoms. The number of aromatic amines is 1. The molecule has 0 saturated heterocycles. The Hall–Kier alpha value is -2.83. The lowest BCUT2D eigenvalue weighted by molar-refractivity contribution is -0.142. The molecule has 4 N–H and O–H groups in total. The molecule has 2 amide bonds. The van der Waals surface area contributed by atoms with Gasteiger partial charge in [0.1, 0.15) is 12.1 Å². The van der Waals surface area contributed by atoms with Crippen molar-refractivity contribution in [2.75, 3.05) is 0 Å². The fourth-order valence-corrected chi connectivity index (χ4v) is 4.70. The van der Waals surface area contributed by atoms with Gasteiger partial charge in [0.2, 0.25) is 11.8 Å². The molecular formula is C30H47N3O4. The van der Waals surface area contributed by atoms with E-state index in [9.17, 15) is 19.5 Å². The van der Waals surface area contributed by atoms with Crippen molar-refractivity contribution in [1.82, 2.24) is 15.6 Å². The van der Waals surface area contributed by atoms with Crippen LogP contribution in [0, 0.1) is 0 Å². The summed E-state index contributed by atoms with van der Waals surface area (Å²) in [5, 5.41) is 15.8. The van der Waals surface area contributed by atoms with Gasteiger partial charge in [-0.2, -0.15) is 0 Å². The smallest absolute Gasteiger partial charge is 0.326 e. The highest BCUT2D eigenvalue weighted by Gasteiger charge is 2.25.